The Morgan fingerprint density at radius 3 is 0.800 bits per heavy atom. The van der Waals surface area contributed by atoms with Crippen molar-refractivity contribution in [1.29, 1.82) is 0 Å². The van der Waals surface area contributed by atoms with E-state index in [9.17, 15) is 0 Å². The number of allylic oxidation sites excluding steroid dienone is 2. The molecular formula is C50H44IrO2P2-2. The number of carbonyl (C=O) groups is 1. The van der Waals surface area contributed by atoms with E-state index in [2.05, 4.69) is 194 Å². The summed E-state index contributed by atoms with van der Waals surface area (Å²) >= 11 is 0. The van der Waals surface area contributed by atoms with Gasteiger partial charge in [0, 0.05) is 27.0 Å². The predicted octanol–water partition coefficient (Wildman–Crippen LogP) is 9.76. The van der Waals surface area contributed by atoms with Crippen molar-refractivity contribution in [2.75, 3.05) is 0 Å². The Balaban J connectivity index is 0.000000272. The summed E-state index contributed by atoms with van der Waals surface area (Å²) in [5, 5.41) is 15.8. The molecule has 0 bridgehead atoms. The van der Waals surface area contributed by atoms with E-state index in [0.29, 0.717) is 0 Å². The van der Waals surface area contributed by atoms with Crippen molar-refractivity contribution >= 4 is 53.6 Å². The first-order valence-electron chi connectivity index (χ1n) is 17.2. The maximum atomic E-state index is 9.00. The average Bonchev–Trinajstić information content (AvgIpc) is 3.24. The molecule has 7 aromatic carbocycles. The number of rotatable bonds is 7. The van der Waals surface area contributed by atoms with Crippen LogP contribution < -0.4 is 31.8 Å². The van der Waals surface area contributed by atoms with E-state index in [1.807, 2.05) is 30.3 Å². The molecule has 0 aliphatic heterocycles. The Morgan fingerprint density at radius 1 is 0.509 bits per heavy atom. The molecule has 0 amide bonds. The van der Waals surface area contributed by atoms with Crippen LogP contribution in [0, 0.1) is 18.9 Å². The van der Waals surface area contributed by atoms with E-state index in [1.54, 1.807) is 0 Å². The second kappa shape index (κ2) is 28.1. The van der Waals surface area contributed by atoms with Crippen molar-refractivity contribution in [1.82, 2.24) is 0 Å². The van der Waals surface area contributed by atoms with E-state index in [0.717, 1.165) is 12.5 Å². The zero-order chi connectivity index (χ0) is 38.6. The molecule has 0 spiro atoms. The molecule has 1 radical (unpaired) electrons. The van der Waals surface area contributed by atoms with Gasteiger partial charge in [-0.1, -0.05) is 200 Å². The molecule has 7 rings (SSSR count). The zero-order valence-corrected chi connectivity index (χ0v) is 34.9. The van der Waals surface area contributed by atoms with Crippen molar-refractivity contribution < 1.29 is 30.0 Å². The van der Waals surface area contributed by atoms with Gasteiger partial charge in [-0.3, -0.25) is 17.3 Å². The van der Waals surface area contributed by atoms with Gasteiger partial charge in [-0.05, 0) is 47.7 Å². The number of carboxylic acid groups (broad SMARTS) is 1. The minimum absolute atomic E-state index is 0. The molecular weight excluding hydrogens is 887 g/mol. The van der Waals surface area contributed by atoms with Crippen LogP contribution >= 0.6 is 15.8 Å². The SMILES string of the molecule is CC(=O)O.[C-]#Cc1ccccc1.[CH-]=CC=C.[Ir].c1ccc(P(c2ccccc2)c2ccccc2)cc1.c1ccc(P(c2ccccc2)c2ccccc2)cc1. The number of aliphatic carboxylic acids is 1. The fraction of sp³-hybridized carbons (Fsp3) is 0.0200. The van der Waals surface area contributed by atoms with Crippen LogP contribution in [0.4, 0.5) is 0 Å². The first-order chi connectivity index (χ1) is 26.5. The number of carboxylic acids is 1. The van der Waals surface area contributed by atoms with Gasteiger partial charge in [0.05, 0.1) is 0 Å². The van der Waals surface area contributed by atoms with Crippen molar-refractivity contribution in [3.05, 3.63) is 250 Å². The van der Waals surface area contributed by atoms with Crippen LogP contribution in [0.2, 0.25) is 0 Å². The molecule has 0 aliphatic rings. The van der Waals surface area contributed by atoms with Gasteiger partial charge < -0.3 is 11.5 Å². The van der Waals surface area contributed by atoms with Crippen LogP contribution in [0.15, 0.2) is 231 Å². The smallest absolute Gasteiger partial charge is 0.300 e. The maximum absolute atomic E-state index is 9.00. The second-order valence-corrected chi connectivity index (χ2v) is 15.6. The molecule has 1 N–H and O–H groups in total. The van der Waals surface area contributed by atoms with Crippen LogP contribution in [0.25, 0.3) is 0 Å². The molecule has 2 nitrogen and oxygen atoms in total. The maximum Gasteiger partial charge on any atom is 0.300 e. The largest absolute Gasteiger partial charge is 0.481 e. The third kappa shape index (κ3) is 17.5. The fourth-order valence-corrected chi connectivity index (χ4v) is 9.49. The van der Waals surface area contributed by atoms with E-state index in [4.69, 9.17) is 22.9 Å². The Labute approximate surface area is 344 Å². The molecule has 0 atom stereocenters. The summed E-state index contributed by atoms with van der Waals surface area (Å²) in [5.74, 6) is 1.44. The van der Waals surface area contributed by atoms with Gasteiger partial charge in [0.15, 0.2) is 0 Å². The average molecular weight is 931 g/mol. The van der Waals surface area contributed by atoms with Crippen molar-refractivity contribution in [3.8, 4) is 5.92 Å². The third-order valence-corrected chi connectivity index (χ3v) is 12.0. The summed E-state index contributed by atoms with van der Waals surface area (Å²) in [5.41, 5.74) is 0.826. The van der Waals surface area contributed by atoms with Crippen molar-refractivity contribution in [3.63, 3.8) is 0 Å². The van der Waals surface area contributed by atoms with Gasteiger partial charge >= 0.3 is 0 Å². The molecule has 0 fully saturated rings. The summed E-state index contributed by atoms with van der Waals surface area (Å²) in [6.45, 7) is 9.17. The molecule has 0 saturated heterocycles. The van der Waals surface area contributed by atoms with Gasteiger partial charge in [-0.15, -0.1) is 17.7 Å². The first-order valence-corrected chi connectivity index (χ1v) is 19.9. The summed E-state index contributed by atoms with van der Waals surface area (Å²) in [4.78, 5) is 9.00. The van der Waals surface area contributed by atoms with Crippen LogP contribution in [0.5, 0.6) is 0 Å². The van der Waals surface area contributed by atoms with E-state index in [-0.39, 0.29) is 20.1 Å². The summed E-state index contributed by atoms with van der Waals surface area (Å²) < 4.78 is 0. The monoisotopic (exact) mass is 931 g/mol. The molecule has 277 valence electrons. The minimum atomic E-state index is -0.833. The van der Waals surface area contributed by atoms with Crippen LogP contribution in [-0.2, 0) is 24.9 Å². The van der Waals surface area contributed by atoms with Crippen molar-refractivity contribution in [2.45, 2.75) is 6.92 Å². The number of hydrogen-bond donors (Lipinski definition) is 1. The molecule has 5 heteroatoms. The Kier molecular flexibility index (Phi) is 23.3. The van der Waals surface area contributed by atoms with Gasteiger partial charge in [0.1, 0.15) is 0 Å². The van der Waals surface area contributed by atoms with Crippen molar-refractivity contribution in [2.24, 2.45) is 0 Å². The molecule has 0 saturated carbocycles. The first kappa shape index (κ1) is 45.7. The van der Waals surface area contributed by atoms with Gasteiger partial charge in [-0.2, -0.15) is 6.58 Å². The predicted molar refractivity (Wildman–Crippen MR) is 235 cm³/mol. The molecule has 55 heavy (non-hydrogen) atoms. The van der Waals surface area contributed by atoms with Gasteiger partial charge in [-0.25, -0.2) is 12.2 Å². The molecule has 0 unspecified atom stereocenters. The Morgan fingerprint density at radius 2 is 0.673 bits per heavy atom. The fourth-order valence-electron chi connectivity index (χ4n) is 4.88. The second-order valence-electron chi connectivity index (χ2n) is 11.1. The van der Waals surface area contributed by atoms with E-state index >= 15 is 0 Å². The van der Waals surface area contributed by atoms with Crippen LogP contribution in [0.3, 0.4) is 0 Å². The zero-order valence-electron chi connectivity index (χ0n) is 30.7. The van der Waals surface area contributed by atoms with Gasteiger partial charge in [0.2, 0.25) is 0 Å². The quantitative estimate of drug-likeness (QED) is 0.0749. The molecule has 0 aromatic heterocycles. The third-order valence-electron chi connectivity index (χ3n) is 7.14. The van der Waals surface area contributed by atoms with E-state index in [1.165, 1.54) is 44.0 Å². The standard InChI is InChI=1S/2C18H15P.C8H5.C4H5.C2H4O2.Ir/c2*1-4-10-16(11-5-1)19(17-12-6-2-7-13-17)18-14-8-3-9-15-18;1-2-8-6-4-3-5-7-8;1-3-4-2;1-2(3)4;/h2*1-15H;3-7H;1,3-4H,2H2;1H3,(H,3,4);/q;;2*-1;;. The summed E-state index contributed by atoms with van der Waals surface area (Å²) in [6.07, 6.45) is 9.61. The summed E-state index contributed by atoms with van der Waals surface area (Å²) in [6, 6.07) is 74.0. The van der Waals surface area contributed by atoms with E-state index < -0.39 is 21.8 Å². The number of hydrogen-bond acceptors (Lipinski definition) is 1. The minimum Gasteiger partial charge on any atom is -0.481 e. The molecule has 0 aliphatic carbocycles. The topological polar surface area (TPSA) is 37.3 Å². The Hall–Kier alpha value is -5.44. The Bertz CT molecular complexity index is 1760. The normalized spacial score (nSPS) is 9.27. The van der Waals surface area contributed by atoms with Crippen LogP contribution in [-0.4, -0.2) is 11.1 Å². The summed E-state index contributed by atoms with van der Waals surface area (Å²) in [7, 11) is -0.892. The number of benzene rings is 7. The van der Waals surface area contributed by atoms with Crippen LogP contribution in [0.1, 0.15) is 12.5 Å². The van der Waals surface area contributed by atoms with Gasteiger partial charge in [0.25, 0.3) is 5.97 Å². The molecule has 0 heterocycles. The molecule has 7 aromatic rings.